The molecule has 2 rings (SSSR count). The molecule has 0 radical (unpaired) electrons. The summed E-state index contributed by atoms with van der Waals surface area (Å²) in [6.45, 7) is 3.84. The van der Waals surface area contributed by atoms with Crippen molar-refractivity contribution in [1.82, 2.24) is 4.98 Å². The SMILES string of the molecule is Cc1cc(Oc2nc(Cl)c(Cl)s2)c(C)cc1N. The lowest BCUT2D eigenvalue weighted by atomic mass is 10.1. The van der Waals surface area contributed by atoms with Gasteiger partial charge in [0.25, 0.3) is 5.19 Å². The number of rotatable bonds is 2. The van der Waals surface area contributed by atoms with Crippen molar-refractivity contribution >= 4 is 40.2 Å². The Kier molecular flexibility index (Phi) is 3.47. The van der Waals surface area contributed by atoms with Crippen molar-refractivity contribution in [2.24, 2.45) is 0 Å². The van der Waals surface area contributed by atoms with Gasteiger partial charge in [-0.25, -0.2) is 0 Å². The molecule has 0 saturated heterocycles. The highest BCUT2D eigenvalue weighted by Crippen LogP contribution is 2.37. The van der Waals surface area contributed by atoms with Crippen LogP contribution in [0.3, 0.4) is 0 Å². The molecule has 0 aliphatic heterocycles. The summed E-state index contributed by atoms with van der Waals surface area (Å²) in [5, 5.41) is 0.684. The number of thiazole rings is 1. The fraction of sp³-hybridized carbons (Fsp3) is 0.182. The predicted molar refractivity (Wildman–Crippen MR) is 72.5 cm³/mol. The largest absolute Gasteiger partial charge is 0.431 e. The molecule has 1 heterocycles. The van der Waals surface area contributed by atoms with Gasteiger partial charge in [-0.15, -0.1) is 0 Å². The first-order valence-electron chi connectivity index (χ1n) is 4.84. The van der Waals surface area contributed by atoms with E-state index in [9.17, 15) is 0 Å². The molecule has 6 heteroatoms. The Bertz CT molecular complexity index is 549. The van der Waals surface area contributed by atoms with Crippen LogP contribution in [0.15, 0.2) is 12.1 Å². The maximum atomic E-state index is 5.82. The first kappa shape index (κ1) is 12.5. The van der Waals surface area contributed by atoms with E-state index in [1.807, 2.05) is 26.0 Å². The second kappa shape index (κ2) is 4.72. The third-order valence-corrected chi connectivity index (χ3v) is 3.90. The molecule has 0 amide bonds. The second-order valence-electron chi connectivity index (χ2n) is 3.62. The van der Waals surface area contributed by atoms with Gasteiger partial charge in [0, 0.05) is 5.69 Å². The molecule has 1 aromatic heterocycles. The maximum absolute atomic E-state index is 5.82. The van der Waals surface area contributed by atoms with Gasteiger partial charge in [0.15, 0.2) is 5.15 Å². The van der Waals surface area contributed by atoms with E-state index in [2.05, 4.69) is 4.98 Å². The fourth-order valence-electron chi connectivity index (χ4n) is 1.33. The molecule has 0 unspecified atom stereocenters. The summed E-state index contributed by atoms with van der Waals surface area (Å²) in [7, 11) is 0. The molecule has 0 fully saturated rings. The zero-order chi connectivity index (χ0) is 12.6. The molecule has 3 nitrogen and oxygen atoms in total. The second-order valence-corrected chi connectivity index (χ2v) is 5.54. The normalized spacial score (nSPS) is 10.6. The van der Waals surface area contributed by atoms with E-state index in [-0.39, 0.29) is 5.15 Å². The van der Waals surface area contributed by atoms with Gasteiger partial charge >= 0.3 is 0 Å². The number of nitrogens with zero attached hydrogens (tertiary/aromatic N) is 1. The van der Waals surface area contributed by atoms with Crippen LogP contribution in [0, 0.1) is 13.8 Å². The van der Waals surface area contributed by atoms with Crippen LogP contribution < -0.4 is 10.5 Å². The van der Waals surface area contributed by atoms with Crippen molar-refractivity contribution in [3.63, 3.8) is 0 Å². The highest BCUT2D eigenvalue weighted by molar-refractivity contribution is 7.18. The van der Waals surface area contributed by atoms with Crippen LogP contribution in [-0.4, -0.2) is 4.98 Å². The number of aryl methyl sites for hydroxylation is 2. The average Bonchev–Trinajstić information content (AvgIpc) is 2.55. The molecule has 0 saturated carbocycles. The maximum Gasteiger partial charge on any atom is 0.281 e. The first-order chi connectivity index (χ1) is 7.97. The Morgan fingerprint density at radius 2 is 1.94 bits per heavy atom. The molecule has 0 aliphatic rings. The van der Waals surface area contributed by atoms with Crippen molar-refractivity contribution in [3.8, 4) is 10.9 Å². The van der Waals surface area contributed by atoms with E-state index < -0.39 is 0 Å². The Morgan fingerprint density at radius 3 is 2.53 bits per heavy atom. The predicted octanol–water partition coefficient (Wildman–Crippen LogP) is 4.44. The highest BCUT2D eigenvalue weighted by Gasteiger charge is 2.11. The molecule has 1 aromatic carbocycles. The lowest BCUT2D eigenvalue weighted by molar-refractivity contribution is 0.475. The van der Waals surface area contributed by atoms with Crippen molar-refractivity contribution in [2.75, 3.05) is 5.73 Å². The zero-order valence-corrected chi connectivity index (χ0v) is 11.6. The van der Waals surface area contributed by atoms with Gasteiger partial charge in [-0.1, -0.05) is 34.5 Å². The Hall–Kier alpha value is -0.970. The van der Waals surface area contributed by atoms with Gasteiger partial charge < -0.3 is 10.5 Å². The van der Waals surface area contributed by atoms with E-state index >= 15 is 0 Å². The summed E-state index contributed by atoms with van der Waals surface area (Å²) in [6.07, 6.45) is 0. The van der Waals surface area contributed by atoms with Crippen LogP contribution in [0.5, 0.6) is 10.9 Å². The molecular weight excluding hydrogens is 279 g/mol. The standard InChI is InChI=1S/C11H10Cl2N2OS/c1-5-4-8(6(2)3-7(5)14)16-11-15-9(12)10(13)17-11/h3-4H,14H2,1-2H3. The molecular formula is C11H10Cl2N2OS. The molecule has 0 spiro atoms. The van der Waals surface area contributed by atoms with Crippen LogP contribution in [0.25, 0.3) is 0 Å². The Morgan fingerprint density at radius 1 is 1.24 bits per heavy atom. The number of aromatic nitrogens is 1. The zero-order valence-electron chi connectivity index (χ0n) is 9.25. The third kappa shape index (κ3) is 2.65. The minimum atomic E-state index is 0.261. The molecule has 17 heavy (non-hydrogen) atoms. The summed E-state index contributed by atoms with van der Waals surface area (Å²) in [5.41, 5.74) is 8.44. The number of nitrogens with two attached hydrogens (primary N) is 1. The number of benzene rings is 1. The topological polar surface area (TPSA) is 48.1 Å². The van der Waals surface area contributed by atoms with Crippen molar-refractivity contribution in [1.29, 1.82) is 0 Å². The number of hydrogen-bond donors (Lipinski definition) is 1. The molecule has 0 bridgehead atoms. The van der Waals surface area contributed by atoms with Crippen LogP contribution in [0.4, 0.5) is 5.69 Å². The summed E-state index contributed by atoms with van der Waals surface area (Å²) >= 11 is 12.8. The molecule has 90 valence electrons. The molecule has 0 aliphatic carbocycles. The van der Waals surface area contributed by atoms with Crippen molar-refractivity contribution in [2.45, 2.75) is 13.8 Å². The van der Waals surface area contributed by atoms with E-state index in [0.717, 1.165) is 16.8 Å². The van der Waals surface area contributed by atoms with Crippen LogP contribution in [0.2, 0.25) is 9.49 Å². The monoisotopic (exact) mass is 288 g/mol. The minimum absolute atomic E-state index is 0.261. The quantitative estimate of drug-likeness (QED) is 0.831. The van der Waals surface area contributed by atoms with Crippen LogP contribution in [0.1, 0.15) is 11.1 Å². The van der Waals surface area contributed by atoms with Crippen molar-refractivity contribution < 1.29 is 4.74 Å². The van der Waals surface area contributed by atoms with Gasteiger partial charge in [-0.05, 0) is 37.1 Å². The molecule has 2 aromatic rings. The summed E-state index contributed by atoms with van der Waals surface area (Å²) < 4.78 is 6.05. The lowest BCUT2D eigenvalue weighted by Crippen LogP contribution is -1.93. The summed E-state index contributed by atoms with van der Waals surface area (Å²) in [6, 6.07) is 3.73. The van der Waals surface area contributed by atoms with Gasteiger partial charge in [0.05, 0.1) is 0 Å². The van der Waals surface area contributed by atoms with Gasteiger partial charge in [-0.2, -0.15) is 4.98 Å². The highest BCUT2D eigenvalue weighted by atomic mass is 35.5. The van der Waals surface area contributed by atoms with Crippen molar-refractivity contribution in [3.05, 3.63) is 32.7 Å². The average molecular weight is 289 g/mol. The van der Waals surface area contributed by atoms with Crippen LogP contribution in [-0.2, 0) is 0 Å². The number of hydrogen-bond acceptors (Lipinski definition) is 4. The van der Waals surface area contributed by atoms with E-state index in [1.165, 1.54) is 11.3 Å². The minimum Gasteiger partial charge on any atom is -0.431 e. The van der Waals surface area contributed by atoms with Gasteiger partial charge in [0.2, 0.25) is 0 Å². The van der Waals surface area contributed by atoms with E-state index in [4.69, 9.17) is 33.7 Å². The first-order valence-corrected chi connectivity index (χ1v) is 6.41. The Balaban J connectivity index is 2.33. The van der Waals surface area contributed by atoms with Gasteiger partial charge in [-0.3, -0.25) is 0 Å². The summed E-state index contributed by atoms with van der Waals surface area (Å²) in [4.78, 5) is 4.00. The third-order valence-electron chi connectivity index (χ3n) is 2.29. The molecule has 0 atom stereocenters. The molecule has 2 N–H and O–H groups in total. The fourth-order valence-corrected chi connectivity index (χ4v) is 2.36. The smallest absolute Gasteiger partial charge is 0.281 e. The number of anilines is 1. The lowest BCUT2D eigenvalue weighted by Gasteiger charge is -2.08. The van der Waals surface area contributed by atoms with Gasteiger partial charge in [0.1, 0.15) is 10.1 Å². The van der Waals surface area contributed by atoms with E-state index in [1.54, 1.807) is 0 Å². The number of halogens is 2. The number of nitrogen functional groups attached to an aromatic ring is 1. The number of ether oxygens (including phenoxy) is 1. The Labute approximate surface area is 113 Å². The van der Waals surface area contributed by atoms with E-state index in [0.29, 0.717) is 15.3 Å². The van der Waals surface area contributed by atoms with Crippen LogP contribution >= 0.6 is 34.5 Å². The summed E-state index contributed by atoms with van der Waals surface area (Å²) in [5.74, 6) is 0.707.